The van der Waals surface area contributed by atoms with Gasteiger partial charge in [0.25, 0.3) is 0 Å². The molecule has 1 spiro atoms. The number of hydrogen-bond donors (Lipinski definition) is 0. The molecule has 0 bridgehead atoms. The van der Waals surface area contributed by atoms with Gasteiger partial charge in [-0.1, -0.05) is 0 Å². The first kappa shape index (κ1) is 7.56. The van der Waals surface area contributed by atoms with Gasteiger partial charge in [0.15, 0.2) is 0 Å². The van der Waals surface area contributed by atoms with Gasteiger partial charge in [0.2, 0.25) is 0 Å². The van der Waals surface area contributed by atoms with Gasteiger partial charge in [-0.2, -0.15) is 0 Å². The van der Waals surface area contributed by atoms with Crippen molar-refractivity contribution in [3.63, 3.8) is 0 Å². The summed E-state index contributed by atoms with van der Waals surface area (Å²) in [5.74, 6) is 0. The van der Waals surface area contributed by atoms with Gasteiger partial charge in [-0.3, -0.25) is 4.90 Å². The number of rotatable bonds is 1. The Hall–Kier alpha value is -0.0800. The molecule has 2 aliphatic rings. The van der Waals surface area contributed by atoms with Gasteiger partial charge in [-0.15, -0.1) is 0 Å². The van der Waals surface area contributed by atoms with E-state index in [4.69, 9.17) is 4.74 Å². The highest BCUT2D eigenvalue weighted by Crippen LogP contribution is 2.39. The summed E-state index contributed by atoms with van der Waals surface area (Å²) in [6, 6.07) is 0.699. The van der Waals surface area contributed by atoms with Crippen LogP contribution in [0, 0.1) is 0 Å². The van der Waals surface area contributed by atoms with Crippen LogP contribution in [0.1, 0.15) is 26.7 Å². The summed E-state index contributed by atoms with van der Waals surface area (Å²) < 4.78 is 5.44. The smallest absolute Gasteiger partial charge is 0.0651 e. The molecule has 2 heterocycles. The molecule has 2 rings (SSSR count). The predicted octanol–water partition coefficient (Wildman–Crippen LogP) is 1.26. The maximum Gasteiger partial charge on any atom is 0.0651 e. The number of nitrogens with zero attached hydrogens (tertiary/aromatic N) is 1. The van der Waals surface area contributed by atoms with E-state index in [0.717, 1.165) is 13.2 Å². The minimum absolute atomic E-state index is 0.466. The molecule has 0 aromatic heterocycles. The van der Waals surface area contributed by atoms with E-state index in [1.807, 2.05) is 0 Å². The molecule has 0 radical (unpaired) electrons. The van der Waals surface area contributed by atoms with Crippen molar-refractivity contribution in [3.05, 3.63) is 0 Å². The van der Waals surface area contributed by atoms with Crippen LogP contribution in [0.5, 0.6) is 0 Å². The molecule has 2 nitrogen and oxygen atoms in total. The van der Waals surface area contributed by atoms with E-state index in [-0.39, 0.29) is 0 Å². The van der Waals surface area contributed by atoms with Crippen molar-refractivity contribution in [1.29, 1.82) is 0 Å². The Bertz CT molecular complexity index is 150. The van der Waals surface area contributed by atoms with Crippen molar-refractivity contribution in [2.75, 3.05) is 19.8 Å². The van der Waals surface area contributed by atoms with E-state index < -0.39 is 0 Å². The zero-order valence-corrected chi connectivity index (χ0v) is 7.47. The minimum Gasteiger partial charge on any atom is -0.379 e. The van der Waals surface area contributed by atoms with Crippen molar-refractivity contribution in [3.8, 4) is 0 Å². The lowest BCUT2D eigenvalue weighted by Gasteiger charge is -2.52. The molecule has 2 heteroatoms. The molecule has 0 aromatic carbocycles. The van der Waals surface area contributed by atoms with Crippen molar-refractivity contribution < 1.29 is 4.74 Å². The van der Waals surface area contributed by atoms with Crippen LogP contribution in [0.4, 0.5) is 0 Å². The van der Waals surface area contributed by atoms with Crippen LogP contribution in [0.15, 0.2) is 0 Å². The van der Waals surface area contributed by atoms with Crippen molar-refractivity contribution in [2.24, 2.45) is 0 Å². The molecular weight excluding hydrogens is 138 g/mol. The number of ether oxygens (including phenoxy) is 1. The summed E-state index contributed by atoms with van der Waals surface area (Å²) in [5.41, 5.74) is 0.466. The average Bonchev–Trinajstić information content (AvgIpc) is 2.31. The molecule has 0 saturated carbocycles. The fraction of sp³-hybridized carbons (Fsp3) is 1.00. The summed E-state index contributed by atoms with van der Waals surface area (Å²) in [6.07, 6.45) is 2.61. The van der Waals surface area contributed by atoms with Crippen molar-refractivity contribution >= 4 is 0 Å². The van der Waals surface area contributed by atoms with Gasteiger partial charge in [0.1, 0.15) is 0 Å². The second-order valence-corrected chi connectivity index (χ2v) is 4.06. The first-order valence-electron chi connectivity index (χ1n) is 4.59. The maximum atomic E-state index is 5.44. The largest absolute Gasteiger partial charge is 0.379 e. The van der Waals surface area contributed by atoms with E-state index in [1.165, 1.54) is 19.4 Å². The second kappa shape index (κ2) is 2.46. The zero-order chi connectivity index (χ0) is 7.90. The van der Waals surface area contributed by atoms with Gasteiger partial charge in [0, 0.05) is 24.7 Å². The molecule has 0 amide bonds. The molecule has 11 heavy (non-hydrogen) atoms. The van der Waals surface area contributed by atoms with Gasteiger partial charge in [0.05, 0.1) is 6.61 Å². The quantitative estimate of drug-likeness (QED) is 0.565. The van der Waals surface area contributed by atoms with Crippen molar-refractivity contribution in [2.45, 2.75) is 38.3 Å². The molecule has 2 fully saturated rings. The third kappa shape index (κ3) is 1.00. The Morgan fingerprint density at radius 1 is 1.36 bits per heavy atom. The lowest BCUT2D eigenvalue weighted by molar-refractivity contribution is -0.0437. The fourth-order valence-corrected chi connectivity index (χ4v) is 2.38. The van der Waals surface area contributed by atoms with Gasteiger partial charge >= 0.3 is 0 Å². The standard InChI is InChI=1S/C9H17NO/c1-8(2)10-5-3-9(10)4-6-11-7-9/h8H,3-7H2,1-2H3/t9-/m1/s1. The Balaban J connectivity index is 2.03. The molecular formula is C9H17NO. The lowest BCUT2D eigenvalue weighted by Crippen LogP contribution is -2.62. The third-order valence-electron chi connectivity index (χ3n) is 3.13. The van der Waals surface area contributed by atoms with E-state index in [1.54, 1.807) is 0 Å². The fourth-order valence-electron chi connectivity index (χ4n) is 2.38. The summed E-state index contributed by atoms with van der Waals surface area (Å²) in [6.45, 7) is 7.79. The maximum absolute atomic E-state index is 5.44. The highest BCUT2D eigenvalue weighted by atomic mass is 16.5. The van der Waals surface area contributed by atoms with E-state index in [2.05, 4.69) is 18.7 Å². The number of likely N-dealkylation sites (tertiary alicyclic amines) is 1. The normalized spacial score (nSPS) is 38.5. The summed E-state index contributed by atoms with van der Waals surface area (Å²) in [5, 5.41) is 0. The highest BCUT2D eigenvalue weighted by molar-refractivity contribution is 5.03. The van der Waals surface area contributed by atoms with Crippen LogP contribution in [-0.2, 0) is 4.74 Å². The first-order valence-corrected chi connectivity index (χ1v) is 4.59. The molecule has 1 atom stereocenters. The molecule has 64 valence electrons. The Labute approximate surface area is 68.5 Å². The SMILES string of the molecule is CC(C)N1CC[C@]12CCOC2. The van der Waals surface area contributed by atoms with Gasteiger partial charge < -0.3 is 4.74 Å². The van der Waals surface area contributed by atoms with Crippen LogP contribution >= 0.6 is 0 Å². The van der Waals surface area contributed by atoms with Crippen LogP contribution in [0.25, 0.3) is 0 Å². The number of hydrogen-bond acceptors (Lipinski definition) is 2. The van der Waals surface area contributed by atoms with Crippen LogP contribution in [0.2, 0.25) is 0 Å². The highest BCUT2D eigenvalue weighted by Gasteiger charge is 2.48. The van der Waals surface area contributed by atoms with Crippen LogP contribution < -0.4 is 0 Å². The Morgan fingerprint density at radius 2 is 2.18 bits per heavy atom. The van der Waals surface area contributed by atoms with Gasteiger partial charge in [-0.05, 0) is 26.7 Å². The topological polar surface area (TPSA) is 12.5 Å². The zero-order valence-electron chi connectivity index (χ0n) is 7.47. The monoisotopic (exact) mass is 155 g/mol. The van der Waals surface area contributed by atoms with Gasteiger partial charge in [-0.25, -0.2) is 0 Å². The van der Waals surface area contributed by atoms with E-state index in [0.29, 0.717) is 11.6 Å². The summed E-state index contributed by atoms with van der Waals surface area (Å²) in [7, 11) is 0. The molecule has 2 saturated heterocycles. The lowest BCUT2D eigenvalue weighted by atomic mass is 9.83. The first-order chi connectivity index (χ1) is 5.25. The summed E-state index contributed by atoms with van der Waals surface area (Å²) in [4.78, 5) is 2.58. The average molecular weight is 155 g/mol. The molecule has 0 aliphatic carbocycles. The third-order valence-corrected chi connectivity index (χ3v) is 3.13. The second-order valence-electron chi connectivity index (χ2n) is 4.06. The molecule has 0 unspecified atom stereocenters. The molecule has 2 aliphatic heterocycles. The Kier molecular flexibility index (Phi) is 1.69. The van der Waals surface area contributed by atoms with Crippen LogP contribution in [-0.4, -0.2) is 36.2 Å². The van der Waals surface area contributed by atoms with E-state index in [9.17, 15) is 0 Å². The minimum atomic E-state index is 0.466. The molecule has 0 N–H and O–H groups in total. The predicted molar refractivity (Wildman–Crippen MR) is 44.6 cm³/mol. The molecule has 0 aromatic rings. The summed E-state index contributed by atoms with van der Waals surface area (Å²) >= 11 is 0. The van der Waals surface area contributed by atoms with Crippen LogP contribution in [0.3, 0.4) is 0 Å². The van der Waals surface area contributed by atoms with Crippen molar-refractivity contribution in [1.82, 2.24) is 4.90 Å². The Morgan fingerprint density at radius 3 is 2.55 bits per heavy atom. The van der Waals surface area contributed by atoms with E-state index >= 15 is 0 Å².